The molecule has 1 aromatic heterocycles. The molecule has 0 aliphatic rings. The first kappa shape index (κ1) is 9.71. The van der Waals surface area contributed by atoms with Crippen LogP contribution in [0.15, 0.2) is 18.5 Å². The van der Waals surface area contributed by atoms with Gasteiger partial charge < -0.3 is 5.73 Å². The molecule has 0 unspecified atom stereocenters. The summed E-state index contributed by atoms with van der Waals surface area (Å²) in [6.45, 7) is 6.19. The van der Waals surface area contributed by atoms with Crippen molar-refractivity contribution < 1.29 is 4.79 Å². The number of carbonyl (C=O) groups is 1. The molecule has 1 rings (SSSR count). The molecular formula is C10H14N2O. The fourth-order valence-electron chi connectivity index (χ4n) is 0.985. The number of hydrogen-bond acceptors (Lipinski definition) is 2. The van der Waals surface area contributed by atoms with Crippen LogP contribution in [0.3, 0.4) is 0 Å². The average molecular weight is 178 g/mol. The molecule has 0 aromatic carbocycles. The Balaban J connectivity index is 3.13. The standard InChI is InChI=1S/C10H14N2O/c1-10(2,3)8-4-7(9(11)13)5-12-6-8/h4-6H,1-3H3,(H2,11,13). The van der Waals surface area contributed by atoms with Crippen molar-refractivity contribution in [1.82, 2.24) is 4.98 Å². The van der Waals surface area contributed by atoms with Crippen LogP contribution in [0.4, 0.5) is 0 Å². The second kappa shape index (κ2) is 3.17. The van der Waals surface area contributed by atoms with Gasteiger partial charge in [-0.1, -0.05) is 20.8 Å². The summed E-state index contributed by atoms with van der Waals surface area (Å²) in [6, 6.07) is 1.79. The third-order valence-electron chi connectivity index (χ3n) is 1.89. The van der Waals surface area contributed by atoms with Crippen LogP contribution in [0.25, 0.3) is 0 Å². The van der Waals surface area contributed by atoms with Crippen molar-refractivity contribution in [3.05, 3.63) is 29.6 Å². The van der Waals surface area contributed by atoms with Gasteiger partial charge in [-0.3, -0.25) is 9.78 Å². The molecule has 70 valence electrons. The average Bonchev–Trinajstić information content (AvgIpc) is 2.03. The van der Waals surface area contributed by atoms with Crippen molar-refractivity contribution in [3.8, 4) is 0 Å². The van der Waals surface area contributed by atoms with Crippen LogP contribution in [0, 0.1) is 0 Å². The van der Waals surface area contributed by atoms with Gasteiger partial charge in [0.15, 0.2) is 0 Å². The quantitative estimate of drug-likeness (QED) is 0.708. The monoisotopic (exact) mass is 178 g/mol. The normalized spacial score (nSPS) is 11.3. The molecule has 1 aromatic rings. The van der Waals surface area contributed by atoms with Gasteiger partial charge in [0.05, 0.1) is 5.56 Å². The molecule has 0 spiro atoms. The van der Waals surface area contributed by atoms with Gasteiger partial charge in [-0.15, -0.1) is 0 Å². The minimum atomic E-state index is -0.432. The Bertz CT molecular complexity index is 326. The Hall–Kier alpha value is -1.38. The molecule has 0 saturated heterocycles. The molecule has 0 aliphatic heterocycles. The van der Waals surface area contributed by atoms with Gasteiger partial charge in [-0.25, -0.2) is 0 Å². The van der Waals surface area contributed by atoms with E-state index in [1.54, 1.807) is 12.3 Å². The molecule has 0 fully saturated rings. The van der Waals surface area contributed by atoms with E-state index in [9.17, 15) is 4.79 Å². The lowest BCUT2D eigenvalue weighted by Gasteiger charge is -2.18. The maximum atomic E-state index is 10.9. The highest BCUT2D eigenvalue weighted by Crippen LogP contribution is 2.21. The molecule has 3 nitrogen and oxygen atoms in total. The van der Waals surface area contributed by atoms with Crippen LogP contribution in [-0.4, -0.2) is 10.9 Å². The van der Waals surface area contributed by atoms with E-state index in [0.29, 0.717) is 5.56 Å². The molecule has 1 amide bonds. The highest BCUT2D eigenvalue weighted by Gasteiger charge is 2.15. The molecule has 0 aliphatic carbocycles. The third kappa shape index (κ3) is 2.28. The van der Waals surface area contributed by atoms with Gasteiger partial charge in [-0.05, 0) is 17.0 Å². The van der Waals surface area contributed by atoms with Crippen molar-refractivity contribution in [2.24, 2.45) is 5.73 Å². The highest BCUT2D eigenvalue weighted by atomic mass is 16.1. The first-order chi connectivity index (χ1) is 5.91. The molecule has 0 saturated carbocycles. The number of carbonyl (C=O) groups excluding carboxylic acids is 1. The molecular weight excluding hydrogens is 164 g/mol. The number of rotatable bonds is 1. The van der Waals surface area contributed by atoms with Gasteiger partial charge in [0.2, 0.25) is 5.91 Å². The lowest BCUT2D eigenvalue weighted by atomic mass is 9.87. The number of pyridine rings is 1. The van der Waals surface area contributed by atoms with Crippen molar-refractivity contribution >= 4 is 5.91 Å². The number of aromatic nitrogens is 1. The summed E-state index contributed by atoms with van der Waals surface area (Å²) in [5.41, 5.74) is 6.63. The summed E-state index contributed by atoms with van der Waals surface area (Å²) < 4.78 is 0. The van der Waals surface area contributed by atoms with Crippen molar-refractivity contribution in [1.29, 1.82) is 0 Å². The summed E-state index contributed by atoms with van der Waals surface area (Å²) in [4.78, 5) is 14.8. The van der Waals surface area contributed by atoms with E-state index >= 15 is 0 Å². The van der Waals surface area contributed by atoms with E-state index in [1.165, 1.54) is 6.20 Å². The zero-order valence-electron chi connectivity index (χ0n) is 8.16. The zero-order chi connectivity index (χ0) is 10.1. The van der Waals surface area contributed by atoms with Gasteiger partial charge >= 0.3 is 0 Å². The van der Waals surface area contributed by atoms with E-state index < -0.39 is 5.91 Å². The lowest BCUT2D eigenvalue weighted by molar-refractivity contribution is 0.1000. The second-order valence-electron chi connectivity index (χ2n) is 4.08. The predicted molar refractivity (Wildman–Crippen MR) is 51.5 cm³/mol. The Morgan fingerprint density at radius 1 is 1.38 bits per heavy atom. The largest absolute Gasteiger partial charge is 0.366 e. The Morgan fingerprint density at radius 3 is 2.46 bits per heavy atom. The first-order valence-electron chi connectivity index (χ1n) is 4.16. The van der Waals surface area contributed by atoms with E-state index in [1.807, 2.05) is 0 Å². The van der Waals surface area contributed by atoms with Crippen LogP contribution >= 0.6 is 0 Å². The number of nitrogens with zero attached hydrogens (tertiary/aromatic N) is 1. The molecule has 3 heteroatoms. The summed E-state index contributed by atoms with van der Waals surface area (Å²) >= 11 is 0. The zero-order valence-corrected chi connectivity index (χ0v) is 8.16. The van der Waals surface area contributed by atoms with E-state index in [2.05, 4.69) is 25.8 Å². The second-order valence-corrected chi connectivity index (χ2v) is 4.08. The summed E-state index contributed by atoms with van der Waals surface area (Å²) in [5.74, 6) is -0.432. The minimum absolute atomic E-state index is 0.00153. The number of nitrogens with two attached hydrogens (primary N) is 1. The van der Waals surface area contributed by atoms with Gasteiger partial charge in [0.1, 0.15) is 0 Å². The van der Waals surface area contributed by atoms with Crippen LogP contribution in [0.2, 0.25) is 0 Å². The Labute approximate surface area is 78.0 Å². The van der Waals surface area contributed by atoms with Crippen molar-refractivity contribution in [2.45, 2.75) is 26.2 Å². The number of amides is 1. The minimum Gasteiger partial charge on any atom is -0.366 e. The van der Waals surface area contributed by atoms with Crippen molar-refractivity contribution in [3.63, 3.8) is 0 Å². The smallest absolute Gasteiger partial charge is 0.250 e. The molecule has 0 radical (unpaired) electrons. The summed E-state index contributed by atoms with van der Waals surface area (Å²) in [5, 5.41) is 0. The molecule has 0 bridgehead atoms. The SMILES string of the molecule is CC(C)(C)c1cncc(C(N)=O)c1. The van der Waals surface area contributed by atoms with Crippen LogP contribution < -0.4 is 5.73 Å². The predicted octanol–water partition coefficient (Wildman–Crippen LogP) is 1.48. The van der Waals surface area contributed by atoms with E-state index in [4.69, 9.17) is 5.73 Å². The Morgan fingerprint density at radius 2 is 2.00 bits per heavy atom. The fourth-order valence-corrected chi connectivity index (χ4v) is 0.985. The highest BCUT2D eigenvalue weighted by molar-refractivity contribution is 5.92. The lowest BCUT2D eigenvalue weighted by Crippen LogP contribution is -2.16. The Kier molecular flexibility index (Phi) is 2.36. The third-order valence-corrected chi connectivity index (χ3v) is 1.89. The first-order valence-corrected chi connectivity index (χ1v) is 4.16. The van der Waals surface area contributed by atoms with Gasteiger partial charge in [-0.2, -0.15) is 0 Å². The van der Waals surface area contributed by atoms with Crippen molar-refractivity contribution in [2.75, 3.05) is 0 Å². The summed E-state index contributed by atoms with van der Waals surface area (Å²) in [7, 11) is 0. The maximum absolute atomic E-state index is 10.9. The van der Waals surface area contributed by atoms with Gasteiger partial charge in [0.25, 0.3) is 0 Å². The van der Waals surface area contributed by atoms with E-state index in [0.717, 1.165) is 5.56 Å². The topological polar surface area (TPSA) is 56.0 Å². The number of hydrogen-bond donors (Lipinski definition) is 1. The van der Waals surface area contributed by atoms with Gasteiger partial charge in [0, 0.05) is 12.4 Å². The molecule has 2 N–H and O–H groups in total. The molecule has 13 heavy (non-hydrogen) atoms. The summed E-state index contributed by atoms with van der Waals surface area (Å²) in [6.07, 6.45) is 3.24. The molecule has 1 heterocycles. The number of primary amides is 1. The molecule has 0 atom stereocenters. The fraction of sp³-hybridized carbons (Fsp3) is 0.400. The van der Waals surface area contributed by atoms with E-state index in [-0.39, 0.29) is 5.41 Å². The van der Waals surface area contributed by atoms with Crippen LogP contribution in [0.1, 0.15) is 36.7 Å². The maximum Gasteiger partial charge on any atom is 0.250 e. The van der Waals surface area contributed by atoms with Crippen LogP contribution in [0.5, 0.6) is 0 Å². The van der Waals surface area contributed by atoms with Crippen LogP contribution in [-0.2, 0) is 5.41 Å².